The Morgan fingerprint density at radius 1 is 1.33 bits per heavy atom. The highest BCUT2D eigenvalue weighted by molar-refractivity contribution is 6.00. The van der Waals surface area contributed by atoms with Crippen LogP contribution in [0, 0.1) is 0 Å². The Labute approximate surface area is 126 Å². The van der Waals surface area contributed by atoms with Gasteiger partial charge in [0, 0.05) is 19.5 Å². The number of carbonyl (C=O) groups is 2. The van der Waals surface area contributed by atoms with Gasteiger partial charge in [0.15, 0.2) is 0 Å². The first-order chi connectivity index (χ1) is 10.2. The Kier molecular flexibility index (Phi) is 6.72. The third-order valence-electron chi connectivity index (χ3n) is 3.40. The molecule has 2 N–H and O–H groups in total. The smallest absolute Gasteiger partial charge is 0.249 e. The molecule has 21 heavy (non-hydrogen) atoms. The molecule has 1 unspecified atom stereocenters. The van der Waals surface area contributed by atoms with E-state index in [0.29, 0.717) is 12.8 Å². The maximum Gasteiger partial charge on any atom is 0.249 e. The Morgan fingerprint density at radius 2 is 2.05 bits per heavy atom. The third-order valence-corrected chi connectivity index (χ3v) is 3.40. The number of hydrogen-bond donors (Lipinski definition) is 2. The molecule has 0 aliphatic carbocycles. The largest absolute Gasteiger partial charge is 0.382 e. The average Bonchev–Trinajstić information content (AvgIpc) is 2.50. The van der Waals surface area contributed by atoms with E-state index in [-0.39, 0.29) is 17.9 Å². The first-order valence-electron chi connectivity index (χ1n) is 7.51. The highest BCUT2D eigenvalue weighted by atomic mass is 16.2. The molecule has 2 aliphatic heterocycles. The zero-order chi connectivity index (χ0) is 15.8. The minimum absolute atomic E-state index is 0.183. The van der Waals surface area contributed by atoms with E-state index in [1.54, 1.807) is 6.08 Å². The maximum atomic E-state index is 12.0. The quantitative estimate of drug-likeness (QED) is 0.760. The van der Waals surface area contributed by atoms with Crippen LogP contribution in [0.3, 0.4) is 0 Å². The van der Waals surface area contributed by atoms with Crippen molar-refractivity contribution in [1.29, 1.82) is 0 Å². The van der Waals surface area contributed by atoms with Gasteiger partial charge in [-0.3, -0.25) is 14.9 Å². The van der Waals surface area contributed by atoms with Crippen molar-refractivity contribution in [1.82, 2.24) is 15.5 Å². The monoisotopic (exact) mass is 291 g/mol. The lowest BCUT2D eigenvalue weighted by atomic mass is 10.0. The number of rotatable bonds is 2. The van der Waals surface area contributed by atoms with Crippen molar-refractivity contribution in [2.75, 3.05) is 13.1 Å². The molecule has 0 radical (unpaired) electrons. The molecule has 0 aromatic heterocycles. The minimum atomic E-state index is -0.277. The van der Waals surface area contributed by atoms with Gasteiger partial charge >= 0.3 is 0 Å². The van der Waals surface area contributed by atoms with Crippen molar-refractivity contribution in [3.05, 3.63) is 36.2 Å². The van der Waals surface area contributed by atoms with E-state index in [1.165, 1.54) is 0 Å². The number of piperidine rings is 1. The van der Waals surface area contributed by atoms with Gasteiger partial charge in [0.25, 0.3) is 0 Å². The van der Waals surface area contributed by atoms with Crippen LogP contribution in [-0.4, -0.2) is 35.8 Å². The Bertz CT molecular complexity index is 466. The van der Waals surface area contributed by atoms with Crippen LogP contribution in [0.2, 0.25) is 0 Å². The zero-order valence-corrected chi connectivity index (χ0v) is 13.1. The summed E-state index contributed by atoms with van der Waals surface area (Å²) >= 11 is 0. The maximum absolute atomic E-state index is 12.0. The van der Waals surface area contributed by atoms with Crippen LogP contribution >= 0.6 is 0 Å². The van der Waals surface area contributed by atoms with Crippen LogP contribution in [-0.2, 0) is 9.59 Å². The number of imide groups is 1. The van der Waals surface area contributed by atoms with Crippen LogP contribution in [0.1, 0.15) is 33.6 Å². The fraction of sp³-hybridized carbons (Fsp3) is 0.500. The van der Waals surface area contributed by atoms with Crippen molar-refractivity contribution in [2.45, 2.75) is 39.7 Å². The Balaban J connectivity index is 0.00000106. The third kappa shape index (κ3) is 3.97. The highest BCUT2D eigenvalue weighted by Crippen LogP contribution is 2.24. The SMILES string of the molecule is C=C/C=C1\C(=C/C)NCCN1C1CCC(=O)NC1=O.CC. The van der Waals surface area contributed by atoms with E-state index in [1.807, 2.05) is 32.9 Å². The molecule has 1 atom stereocenters. The molecule has 0 bridgehead atoms. The first-order valence-corrected chi connectivity index (χ1v) is 7.51. The topological polar surface area (TPSA) is 61.4 Å². The first kappa shape index (κ1) is 17.0. The van der Waals surface area contributed by atoms with Crippen LogP contribution in [0.5, 0.6) is 0 Å². The molecule has 2 heterocycles. The van der Waals surface area contributed by atoms with Crippen LogP contribution in [0.15, 0.2) is 36.2 Å². The second-order valence-corrected chi connectivity index (χ2v) is 4.58. The number of nitrogens with one attached hydrogen (secondary N) is 2. The molecule has 0 spiro atoms. The summed E-state index contributed by atoms with van der Waals surface area (Å²) in [7, 11) is 0. The van der Waals surface area contributed by atoms with Gasteiger partial charge in [-0.15, -0.1) is 0 Å². The molecule has 2 aliphatic rings. The van der Waals surface area contributed by atoms with Crippen molar-refractivity contribution >= 4 is 11.8 Å². The lowest BCUT2D eigenvalue weighted by Gasteiger charge is -2.40. The lowest BCUT2D eigenvalue weighted by molar-refractivity contribution is -0.137. The molecule has 0 saturated carbocycles. The predicted molar refractivity (Wildman–Crippen MR) is 84.3 cm³/mol. The molecule has 5 heteroatoms. The van der Waals surface area contributed by atoms with E-state index in [4.69, 9.17) is 0 Å². The van der Waals surface area contributed by atoms with Crippen LogP contribution in [0.4, 0.5) is 0 Å². The van der Waals surface area contributed by atoms with Crippen molar-refractivity contribution < 1.29 is 9.59 Å². The van der Waals surface area contributed by atoms with E-state index in [0.717, 1.165) is 24.5 Å². The van der Waals surface area contributed by atoms with Gasteiger partial charge in [-0.1, -0.05) is 32.6 Å². The van der Waals surface area contributed by atoms with Crippen molar-refractivity contribution in [3.8, 4) is 0 Å². The molecule has 2 saturated heterocycles. The van der Waals surface area contributed by atoms with Gasteiger partial charge in [0.2, 0.25) is 11.8 Å². The summed E-state index contributed by atoms with van der Waals surface area (Å²) in [6.45, 7) is 11.2. The van der Waals surface area contributed by atoms with Crippen molar-refractivity contribution in [2.24, 2.45) is 0 Å². The predicted octanol–water partition coefficient (Wildman–Crippen LogP) is 1.70. The number of hydrogen-bond acceptors (Lipinski definition) is 4. The number of allylic oxidation sites excluding steroid dienone is 3. The molecule has 2 amide bonds. The number of piperazine rings is 1. The van der Waals surface area contributed by atoms with E-state index in [2.05, 4.69) is 22.1 Å². The van der Waals surface area contributed by atoms with E-state index < -0.39 is 0 Å². The summed E-state index contributed by atoms with van der Waals surface area (Å²) in [6, 6.07) is -0.277. The van der Waals surface area contributed by atoms with Gasteiger partial charge in [-0.2, -0.15) is 0 Å². The normalized spacial score (nSPS) is 25.9. The van der Waals surface area contributed by atoms with E-state index in [9.17, 15) is 9.59 Å². The zero-order valence-electron chi connectivity index (χ0n) is 13.1. The van der Waals surface area contributed by atoms with Crippen molar-refractivity contribution in [3.63, 3.8) is 0 Å². The Morgan fingerprint density at radius 3 is 2.62 bits per heavy atom. The summed E-state index contributed by atoms with van der Waals surface area (Å²) in [5, 5.41) is 5.71. The molecule has 0 aromatic rings. The summed E-state index contributed by atoms with van der Waals surface area (Å²) in [6.07, 6.45) is 6.55. The number of carbonyl (C=O) groups excluding carboxylic acids is 2. The summed E-state index contributed by atoms with van der Waals surface area (Å²) in [4.78, 5) is 25.3. The second kappa shape index (κ2) is 8.29. The Hall–Kier alpha value is -2.04. The van der Waals surface area contributed by atoms with Gasteiger partial charge < -0.3 is 10.2 Å². The van der Waals surface area contributed by atoms with Gasteiger partial charge in [0.05, 0.1) is 11.4 Å². The molecule has 116 valence electrons. The molecule has 2 fully saturated rings. The fourth-order valence-electron chi connectivity index (χ4n) is 2.53. The summed E-state index contributed by atoms with van der Waals surface area (Å²) in [5.41, 5.74) is 1.95. The molecule has 0 aromatic carbocycles. The van der Waals surface area contributed by atoms with Gasteiger partial charge in [-0.05, 0) is 19.4 Å². The number of amides is 2. The molecule has 2 rings (SSSR count). The van der Waals surface area contributed by atoms with Gasteiger partial charge in [0.1, 0.15) is 6.04 Å². The number of nitrogens with zero attached hydrogens (tertiary/aromatic N) is 1. The lowest BCUT2D eigenvalue weighted by Crippen LogP contribution is -2.55. The molecular weight excluding hydrogens is 266 g/mol. The summed E-state index contributed by atoms with van der Waals surface area (Å²) in [5.74, 6) is -0.388. The standard InChI is InChI=1S/C14H19N3O2.C2H6/c1-3-5-11-10(4-2)15-8-9-17(11)12-6-7-13(18)16-14(12)19;1-2/h3-5,12,15H,1,6-9H2,2H3,(H,16,18,19);1-2H3/b10-4+,11-5+;. The van der Waals surface area contributed by atoms with E-state index >= 15 is 0 Å². The molecular formula is C16H25N3O2. The summed E-state index contributed by atoms with van der Waals surface area (Å²) < 4.78 is 0. The van der Waals surface area contributed by atoms with Crippen LogP contribution < -0.4 is 10.6 Å². The highest BCUT2D eigenvalue weighted by Gasteiger charge is 2.34. The average molecular weight is 291 g/mol. The fourth-order valence-corrected chi connectivity index (χ4v) is 2.53. The molecule has 5 nitrogen and oxygen atoms in total. The minimum Gasteiger partial charge on any atom is -0.382 e. The second-order valence-electron chi connectivity index (χ2n) is 4.58. The van der Waals surface area contributed by atoms with Crippen LogP contribution in [0.25, 0.3) is 0 Å². The van der Waals surface area contributed by atoms with Gasteiger partial charge in [-0.25, -0.2) is 0 Å².